The molecule has 1 atom stereocenters. The highest BCUT2D eigenvalue weighted by Crippen LogP contribution is 2.17. The van der Waals surface area contributed by atoms with Crippen LogP contribution in [0.2, 0.25) is 0 Å². The summed E-state index contributed by atoms with van der Waals surface area (Å²) in [6, 6.07) is 11.3. The van der Waals surface area contributed by atoms with Gasteiger partial charge in [0.15, 0.2) is 0 Å². The van der Waals surface area contributed by atoms with Gasteiger partial charge >= 0.3 is 0 Å². The van der Waals surface area contributed by atoms with Gasteiger partial charge < -0.3 is 14.6 Å². The highest BCUT2D eigenvalue weighted by Gasteiger charge is 2.27. The molecule has 1 aliphatic heterocycles. The van der Waals surface area contributed by atoms with Crippen LogP contribution in [0.15, 0.2) is 47.4 Å². The summed E-state index contributed by atoms with van der Waals surface area (Å²) < 4.78 is 1.57. The van der Waals surface area contributed by atoms with Gasteiger partial charge in [-0.1, -0.05) is 29.8 Å². The lowest BCUT2D eigenvalue weighted by atomic mass is 10.1. The minimum absolute atomic E-state index is 0.0795. The van der Waals surface area contributed by atoms with E-state index in [1.807, 2.05) is 31.2 Å². The van der Waals surface area contributed by atoms with Crippen molar-refractivity contribution in [3.05, 3.63) is 69.6 Å². The molecular formula is C19H22N2O3. The molecule has 1 unspecified atom stereocenters. The first-order valence-electron chi connectivity index (χ1n) is 8.23. The molecule has 1 saturated heterocycles. The zero-order valence-corrected chi connectivity index (χ0v) is 13.8. The number of likely N-dealkylation sites (tertiary alicyclic amines) is 1. The van der Waals surface area contributed by atoms with Crippen LogP contribution in [0, 0.1) is 12.8 Å². The number of nitrogens with zero attached hydrogens (tertiary/aromatic N) is 2. The van der Waals surface area contributed by atoms with E-state index in [1.165, 1.54) is 0 Å². The minimum atomic E-state index is -0.267. The van der Waals surface area contributed by atoms with E-state index in [4.69, 9.17) is 0 Å². The summed E-state index contributed by atoms with van der Waals surface area (Å²) >= 11 is 0. The second-order valence-electron chi connectivity index (χ2n) is 6.43. The number of hydrogen-bond acceptors (Lipinski definition) is 3. The van der Waals surface area contributed by atoms with E-state index in [0.29, 0.717) is 19.6 Å². The Morgan fingerprint density at radius 1 is 1.29 bits per heavy atom. The number of aliphatic hydroxyl groups excluding tert-OH is 1. The number of benzene rings is 1. The number of aryl methyl sites for hydroxylation is 1. The number of amides is 1. The first kappa shape index (κ1) is 16.5. The molecule has 0 saturated carbocycles. The molecule has 1 fully saturated rings. The topological polar surface area (TPSA) is 62.5 Å². The van der Waals surface area contributed by atoms with Gasteiger partial charge in [0.05, 0.1) is 6.54 Å². The molecule has 5 heteroatoms. The van der Waals surface area contributed by atoms with Gasteiger partial charge in [-0.15, -0.1) is 0 Å². The molecular weight excluding hydrogens is 304 g/mol. The van der Waals surface area contributed by atoms with Crippen LogP contribution < -0.4 is 5.56 Å². The van der Waals surface area contributed by atoms with Crippen LogP contribution in [-0.2, 0) is 6.54 Å². The van der Waals surface area contributed by atoms with Gasteiger partial charge in [0, 0.05) is 31.8 Å². The van der Waals surface area contributed by atoms with Crippen molar-refractivity contribution in [2.24, 2.45) is 5.92 Å². The zero-order valence-electron chi connectivity index (χ0n) is 13.8. The average Bonchev–Trinajstić information content (AvgIpc) is 3.05. The van der Waals surface area contributed by atoms with Gasteiger partial charge in [-0.2, -0.15) is 0 Å². The van der Waals surface area contributed by atoms with Crippen molar-refractivity contribution in [2.75, 3.05) is 19.7 Å². The number of rotatable bonds is 4. The standard InChI is InChI=1S/C19H22N2O3/c1-14-4-2-5-15(10-14)11-20-8-3-6-17(18(20)23)19(24)21-9-7-16(12-21)13-22/h2-6,8,10,16,22H,7,9,11-13H2,1H3. The van der Waals surface area contributed by atoms with Crippen molar-refractivity contribution in [3.8, 4) is 0 Å². The molecule has 1 amide bonds. The first-order valence-corrected chi connectivity index (χ1v) is 8.23. The Balaban J connectivity index is 1.83. The van der Waals surface area contributed by atoms with E-state index < -0.39 is 0 Å². The van der Waals surface area contributed by atoms with Gasteiger partial charge in [0.1, 0.15) is 5.56 Å². The predicted molar refractivity (Wildman–Crippen MR) is 92.1 cm³/mol. The number of hydrogen-bond donors (Lipinski definition) is 1. The Hall–Kier alpha value is -2.40. The van der Waals surface area contributed by atoms with E-state index in [0.717, 1.165) is 17.5 Å². The van der Waals surface area contributed by atoms with Crippen LogP contribution in [0.5, 0.6) is 0 Å². The fraction of sp³-hybridized carbons (Fsp3) is 0.368. The molecule has 2 aromatic rings. The van der Waals surface area contributed by atoms with Crippen molar-refractivity contribution in [1.29, 1.82) is 0 Å². The van der Waals surface area contributed by atoms with Gasteiger partial charge in [-0.05, 0) is 31.0 Å². The molecule has 1 aromatic carbocycles. The van der Waals surface area contributed by atoms with E-state index in [-0.39, 0.29) is 29.6 Å². The van der Waals surface area contributed by atoms with Crippen molar-refractivity contribution >= 4 is 5.91 Å². The summed E-state index contributed by atoms with van der Waals surface area (Å²) in [6.45, 7) is 3.64. The number of aliphatic hydroxyl groups is 1. The average molecular weight is 326 g/mol. The van der Waals surface area contributed by atoms with E-state index >= 15 is 0 Å². The SMILES string of the molecule is Cc1cccc(Cn2cccc(C(=O)N3CCC(CO)C3)c2=O)c1. The lowest BCUT2D eigenvalue weighted by molar-refractivity contribution is 0.0779. The monoisotopic (exact) mass is 326 g/mol. The first-order chi connectivity index (χ1) is 11.6. The maximum Gasteiger partial charge on any atom is 0.263 e. The van der Waals surface area contributed by atoms with Crippen molar-refractivity contribution in [2.45, 2.75) is 19.9 Å². The van der Waals surface area contributed by atoms with Crippen molar-refractivity contribution < 1.29 is 9.90 Å². The zero-order chi connectivity index (χ0) is 17.1. The fourth-order valence-electron chi connectivity index (χ4n) is 3.17. The highest BCUT2D eigenvalue weighted by molar-refractivity contribution is 5.94. The molecule has 0 spiro atoms. The Labute approximate surface area is 141 Å². The molecule has 0 bridgehead atoms. The third kappa shape index (κ3) is 3.41. The van der Waals surface area contributed by atoms with Crippen molar-refractivity contribution in [3.63, 3.8) is 0 Å². The van der Waals surface area contributed by atoms with Crippen LogP contribution in [0.1, 0.15) is 27.9 Å². The van der Waals surface area contributed by atoms with Crippen LogP contribution in [-0.4, -0.2) is 40.2 Å². The smallest absolute Gasteiger partial charge is 0.263 e. The largest absolute Gasteiger partial charge is 0.396 e. The Bertz CT molecular complexity index is 797. The van der Waals surface area contributed by atoms with E-state index in [2.05, 4.69) is 0 Å². The van der Waals surface area contributed by atoms with Crippen LogP contribution in [0.4, 0.5) is 0 Å². The summed E-state index contributed by atoms with van der Waals surface area (Å²) in [5.41, 5.74) is 2.10. The molecule has 5 nitrogen and oxygen atoms in total. The predicted octanol–water partition coefficient (Wildman–Crippen LogP) is 1.66. The van der Waals surface area contributed by atoms with E-state index in [1.54, 1.807) is 27.8 Å². The maximum atomic E-state index is 12.7. The quantitative estimate of drug-likeness (QED) is 0.929. The van der Waals surface area contributed by atoms with Crippen molar-refractivity contribution in [1.82, 2.24) is 9.47 Å². The Kier molecular flexibility index (Phi) is 4.81. The molecule has 1 aliphatic rings. The number of aromatic nitrogens is 1. The molecule has 0 radical (unpaired) electrons. The summed E-state index contributed by atoms with van der Waals surface area (Å²) in [5, 5.41) is 9.22. The third-order valence-corrected chi connectivity index (χ3v) is 4.52. The summed E-state index contributed by atoms with van der Waals surface area (Å²) in [6.07, 6.45) is 2.49. The van der Waals surface area contributed by atoms with Gasteiger partial charge in [-0.3, -0.25) is 9.59 Å². The number of carbonyl (C=O) groups is 1. The van der Waals surface area contributed by atoms with Gasteiger partial charge in [-0.25, -0.2) is 0 Å². The van der Waals surface area contributed by atoms with Crippen LogP contribution in [0.25, 0.3) is 0 Å². The molecule has 126 valence electrons. The Morgan fingerprint density at radius 3 is 2.83 bits per heavy atom. The summed E-state index contributed by atoms with van der Waals surface area (Å²) in [4.78, 5) is 27.0. The number of carbonyl (C=O) groups excluding carboxylic acids is 1. The second-order valence-corrected chi connectivity index (χ2v) is 6.43. The fourth-order valence-corrected chi connectivity index (χ4v) is 3.17. The van der Waals surface area contributed by atoms with E-state index in [9.17, 15) is 14.7 Å². The molecule has 0 aliphatic carbocycles. The lowest BCUT2D eigenvalue weighted by Gasteiger charge is -2.16. The summed E-state index contributed by atoms with van der Waals surface area (Å²) in [5.74, 6) is -0.123. The Morgan fingerprint density at radius 2 is 2.12 bits per heavy atom. The van der Waals surface area contributed by atoms with Crippen LogP contribution in [0.3, 0.4) is 0 Å². The highest BCUT2D eigenvalue weighted by atomic mass is 16.3. The molecule has 3 rings (SSSR count). The molecule has 1 N–H and O–H groups in total. The third-order valence-electron chi connectivity index (χ3n) is 4.52. The van der Waals surface area contributed by atoms with Crippen LogP contribution >= 0.6 is 0 Å². The maximum absolute atomic E-state index is 12.7. The molecule has 2 heterocycles. The van der Waals surface area contributed by atoms with Gasteiger partial charge in [0.2, 0.25) is 0 Å². The normalized spacial score (nSPS) is 17.2. The van der Waals surface area contributed by atoms with Gasteiger partial charge in [0.25, 0.3) is 11.5 Å². The number of pyridine rings is 1. The molecule has 24 heavy (non-hydrogen) atoms. The second kappa shape index (κ2) is 7.01. The molecule has 1 aromatic heterocycles. The summed E-state index contributed by atoms with van der Waals surface area (Å²) in [7, 11) is 0. The lowest BCUT2D eigenvalue weighted by Crippen LogP contribution is -2.35. The minimum Gasteiger partial charge on any atom is -0.396 e.